The molecule has 1 heterocycles. The number of amides is 1. The van der Waals surface area contributed by atoms with Crippen molar-refractivity contribution in [3.63, 3.8) is 0 Å². The number of aromatic nitrogens is 1. The van der Waals surface area contributed by atoms with E-state index in [2.05, 4.69) is 26.2 Å². The number of aliphatic carboxylic acids is 1. The molecule has 3 N–H and O–H groups in total. The Balaban J connectivity index is 2.19. The minimum atomic E-state index is -1.11. The monoisotopic (exact) mass is 382 g/mol. The highest BCUT2D eigenvalue weighted by Crippen LogP contribution is 2.27. The molecule has 1 amide bonds. The average molecular weight is 383 g/mol. The number of aromatic amines is 1. The molecular formula is C16H19BrN2O4. The minimum absolute atomic E-state index is 0.150. The minimum Gasteiger partial charge on any atom is -0.480 e. The molecule has 2 rings (SSSR count). The summed E-state index contributed by atoms with van der Waals surface area (Å²) in [5.41, 5.74) is 1.02. The molecule has 2 aromatic rings. The Labute approximate surface area is 142 Å². The van der Waals surface area contributed by atoms with Gasteiger partial charge in [-0.15, -0.1) is 0 Å². The predicted molar refractivity (Wildman–Crippen MR) is 90.5 cm³/mol. The van der Waals surface area contributed by atoms with E-state index >= 15 is 0 Å². The van der Waals surface area contributed by atoms with Crippen LogP contribution in [-0.4, -0.2) is 33.8 Å². The van der Waals surface area contributed by atoms with Crippen LogP contribution >= 0.6 is 15.9 Å². The fourth-order valence-corrected chi connectivity index (χ4v) is 2.86. The summed E-state index contributed by atoms with van der Waals surface area (Å²) in [6.07, 6.45) is 1.16. The number of hydrogen-bond donors (Lipinski definition) is 3. The highest BCUT2D eigenvalue weighted by molar-refractivity contribution is 9.10. The van der Waals surface area contributed by atoms with Crippen LogP contribution in [0.5, 0.6) is 0 Å². The third-order valence-electron chi connectivity index (χ3n) is 3.15. The fraction of sp³-hybridized carbons (Fsp3) is 0.375. The van der Waals surface area contributed by atoms with Crippen molar-refractivity contribution < 1.29 is 19.4 Å². The number of H-pyrrole nitrogens is 1. The van der Waals surface area contributed by atoms with Crippen molar-refractivity contribution in [2.75, 3.05) is 0 Å². The van der Waals surface area contributed by atoms with E-state index in [1.807, 2.05) is 18.2 Å². The molecule has 0 bridgehead atoms. The molecule has 7 heteroatoms. The van der Waals surface area contributed by atoms with Gasteiger partial charge in [-0.05, 0) is 38.5 Å². The quantitative estimate of drug-likeness (QED) is 0.754. The van der Waals surface area contributed by atoms with E-state index in [4.69, 9.17) is 4.74 Å². The number of rotatable bonds is 4. The van der Waals surface area contributed by atoms with Crippen molar-refractivity contribution >= 4 is 38.9 Å². The summed E-state index contributed by atoms with van der Waals surface area (Å²) in [7, 11) is 0. The third kappa shape index (κ3) is 4.48. The summed E-state index contributed by atoms with van der Waals surface area (Å²) in [5.74, 6) is -1.11. The van der Waals surface area contributed by atoms with Crippen molar-refractivity contribution in [1.82, 2.24) is 10.3 Å². The molecule has 0 spiro atoms. The lowest BCUT2D eigenvalue weighted by Gasteiger charge is -2.22. The van der Waals surface area contributed by atoms with Crippen LogP contribution in [0.25, 0.3) is 10.9 Å². The highest BCUT2D eigenvalue weighted by atomic mass is 79.9. The number of carbonyl (C=O) groups excluding carboxylic acids is 1. The van der Waals surface area contributed by atoms with Crippen LogP contribution in [0.3, 0.4) is 0 Å². The van der Waals surface area contributed by atoms with E-state index in [1.165, 1.54) is 0 Å². The number of carboxylic acid groups (broad SMARTS) is 1. The molecule has 0 saturated heterocycles. The van der Waals surface area contributed by atoms with E-state index in [0.717, 1.165) is 20.9 Å². The number of nitrogens with one attached hydrogen (secondary N) is 2. The second-order valence-electron chi connectivity index (χ2n) is 6.22. The molecule has 0 aliphatic carbocycles. The van der Waals surface area contributed by atoms with Crippen LogP contribution in [-0.2, 0) is 16.0 Å². The lowest BCUT2D eigenvalue weighted by atomic mass is 10.1. The molecular weight excluding hydrogens is 364 g/mol. The van der Waals surface area contributed by atoms with Crippen molar-refractivity contribution in [2.45, 2.75) is 38.8 Å². The van der Waals surface area contributed by atoms with Gasteiger partial charge in [0, 0.05) is 28.0 Å². The van der Waals surface area contributed by atoms with Crippen LogP contribution in [0.15, 0.2) is 28.9 Å². The van der Waals surface area contributed by atoms with Gasteiger partial charge in [0.25, 0.3) is 0 Å². The summed E-state index contributed by atoms with van der Waals surface area (Å²) in [4.78, 5) is 26.4. The Bertz CT molecular complexity index is 733. The molecule has 0 radical (unpaired) electrons. The zero-order valence-electron chi connectivity index (χ0n) is 13.1. The van der Waals surface area contributed by atoms with Gasteiger partial charge in [0.1, 0.15) is 11.6 Å². The first-order chi connectivity index (χ1) is 10.7. The van der Waals surface area contributed by atoms with Gasteiger partial charge in [-0.3, -0.25) is 0 Å². The highest BCUT2D eigenvalue weighted by Gasteiger charge is 2.25. The summed E-state index contributed by atoms with van der Waals surface area (Å²) in [6, 6.07) is 4.61. The second-order valence-corrected chi connectivity index (χ2v) is 7.07. The largest absolute Gasteiger partial charge is 0.480 e. The number of carboxylic acids is 1. The second kappa shape index (κ2) is 6.62. The zero-order valence-corrected chi connectivity index (χ0v) is 14.7. The maximum Gasteiger partial charge on any atom is 0.408 e. The number of fused-ring (bicyclic) bond motifs is 1. The molecule has 0 fully saturated rings. The first-order valence-electron chi connectivity index (χ1n) is 7.14. The molecule has 0 aliphatic rings. The average Bonchev–Trinajstić information content (AvgIpc) is 2.80. The predicted octanol–water partition coefficient (Wildman–Crippen LogP) is 3.45. The molecule has 1 unspecified atom stereocenters. The van der Waals surface area contributed by atoms with Crippen LogP contribution in [0.1, 0.15) is 26.3 Å². The molecule has 124 valence electrons. The van der Waals surface area contributed by atoms with Crippen molar-refractivity contribution in [3.05, 3.63) is 34.4 Å². The van der Waals surface area contributed by atoms with Crippen molar-refractivity contribution in [1.29, 1.82) is 0 Å². The fourth-order valence-electron chi connectivity index (χ4n) is 2.24. The topological polar surface area (TPSA) is 91.4 Å². The molecule has 0 saturated carbocycles. The molecule has 23 heavy (non-hydrogen) atoms. The van der Waals surface area contributed by atoms with Gasteiger partial charge in [0.2, 0.25) is 0 Å². The number of hydrogen-bond acceptors (Lipinski definition) is 3. The van der Waals surface area contributed by atoms with Gasteiger partial charge in [-0.25, -0.2) is 9.59 Å². The van der Waals surface area contributed by atoms with Crippen LogP contribution in [0, 0.1) is 0 Å². The van der Waals surface area contributed by atoms with Gasteiger partial charge in [-0.1, -0.05) is 22.0 Å². The number of alkyl carbamates (subject to hydrolysis) is 1. The van der Waals surface area contributed by atoms with E-state index in [1.54, 1.807) is 27.0 Å². The van der Waals surface area contributed by atoms with Gasteiger partial charge in [0.15, 0.2) is 0 Å². The maximum atomic E-state index is 11.8. The molecule has 6 nitrogen and oxygen atoms in total. The van der Waals surface area contributed by atoms with Crippen LogP contribution in [0.2, 0.25) is 0 Å². The van der Waals surface area contributed by atoms with Gasteiger partial charge in [0.05, 0.1) is 0 Å². The lowest BCUT2D eigenvalue weighted by molar-refractivity contribution is -0.139. The normalized spacial score (nSPS) is 12.9. The number of halogens is 1. The first-order valence-corrected chi connectivity index (χ1v) is 7.93. The number of carbonyl (C=O) groups is 2. The molecule has 0 aliphatic heterocycles. The summed E-state index contributed by atoms with van der Waals surface area (Å²) >= 11 is 3.46. The van der Waals surface area contributed by atoms with Crippen LogP contribution in [0.4, 0.5) is 4.79 Å². The van der Waals surface area contributed by atoms with E-state index in [-0.39, 0.29) is 6.42 Å². The standard InChI is InChI=1S/C16H19BrN2O4/c1-16(2,3)23-15(22)19-12(14(20)21)7-9-8-18-11-6-4-5-10(17)13(9)11/h4-6,8,12,18H,7H2,1-3H3,(H,19,22)(H,20,21). The molecule has 1 aromatic carbocycles. The summed E-state index contributed by atoms with van der Waals surface area (Å²) in [5, 5.41) is 12.7. The van der Waals surface area contributed by atoms with E-state index in [9.17, 15) is 14.7 Å². The Morgan fingerprint density at radius 3 is 2.70 bits per heavy atom. The maximum absolute atomic E-state index is 11.8. The van der Waals surface area contributed by atoms with Crippen molar-refractivity contribution in [2.24, 2.45) is 0 Å². The summed E-state index contributed by atoms with van der Waals surface area (Å²) < 4.78 is 5.99. The van der Waals surface area contributed by atoms with Crippen molar-refractivity contribution in [3.8, 4) is 0 Å². The Kier molecular flexibility index (Phi) is 4.99. The SMILES string of the molecule is CC(C)(C)OC(=O)NC(Cc1c[nH]c2cccc(Br)c12)C(=O)O. The number of benzene rings is 1. The Morgan fingerprint density at radius 2 is 2.09 bits per heavy atom. The van der Waals surface area contributed by atoms with Crippen LogP contribution < -0.4 is 5.32 Å². The Hall–Kier alpha value is -2.02. The molecule has 1 atom stereocenters. The zero-order chi connectivity index (χ0) is 17.2. The van der Waals surface area contributed by atoms with E-state index in [0.29, 0.717) is 0 Å². The Morgan fingerprint density at radius 1 is 1.39 bits per heavy atom. The first kappa shape index (κ1) is 17.3. The molecule has 1 aromatic heterocycles. The number of ether oxygens (including phenoxy) is 1. The lowest BCUT2D eigenvalue weighted by Crippen LogP contribution is -2.44. The van der Waals surface area contributed by atoms with Gasteiger partial charge < -0.3 is 20.1 Å². The summed E-state index contributed by atoms with van der Waals surface area (Å²) in [6.45, 7) is 5.16. The van der Waals surface area contributed by atoms with Gasteiger partial charge >= 0.3 is 12.1 Å². The van der Waals surface area contributed by atoms with Gasteiger partial charge in [-0.2, -0.15) is 0 Å². The third-order valence-corrected chi connectivity index (χ3v) is 3.81. The van der Waals surface area contributed by atoms with E-state index < -0.39 is 23.7 Å². The smallest absolute Gasteiger partial charge is 0.408 e.